The molecule has 0 atom stereocenters. The van der Waals surface area contributed by atoms with Gasteiger partial charge in [-0.25, -0.2) is 44.9 Å². The van der Waals surface area contributed by atoms with Crippen molar-refractivity contribution in [3.63, 3.8) is 0 Å². The maximum atomic E-state index is 5.23. The van der Waals surface area contributed by atoms with Crippen LogP contribution < -0.4 is 0 Å². The summed E-state index contributed by atoms with van der Waals surface area (Å²) in [6.07, 6.45) is 0. The molecule has 27 rings (SSSR count). The van der Waals surface area contributed by atoms with Crippen LogP contribution in [-0.2, 0) is 0 Å². The van der Waals surface area contributed by atoms with Gasteiger partial charge in [0.15, 0.2) is 52.4 Å². The van der Waals surface area contributed by atoms with Crippen molar-refractivity contribution in [1.29, 1.82) is 0 Å². The van der Waals surface area contributed by atoms with Gasteiger partial charge in [-0.3, -0.25) is 0 Å². The van der Waals surface area contributed by atoms with Crippen molar-refractivity contribution >= 4 is 75.4 Å². The van der Waals surface area contributed by atoms with Gasteiger partial charge in [0.05, 0.1) is 0 Å². The van der Waals surface area contributed by atoms with Gasteiger partial charge >= 0.3 is 0 Å². The zero-order chi connectivity index (χ0) is 98.4. The molecule has 0 saturated carbocycles. The van der Waals surface area contributed by atoms with Crippen molar-refractivity contribution in [2.75, 3.05) is 0 Å². The topological polar surface area (TPSA) is 116 Å². The second-order valence-electron chi connectivity index (χ2n) is 36.9. The van der Waals surface area contributed by atoms with E-state index in [9.17, 15) is 0 Å². The maximum absolute atomic E-state index is 5.23. The van der Waals surface area contributed by atoms with Crippen molar-refractivity contribution in [2.24, 2.45) is 0 Å². The molecule has 0 aliphatic carbocycles. The molecule has 27 aromatic rings. The smallest absolute Gasteiger partial charge is 0.164 e. The highest BCUT2D eigenvalue weighted by atomic mass is 15.1. The predicted octanol–water partition coefficient (Wildman–Crippen LogP) is 36.0. The van der Waals surface area contributed by atoms with E-state index in [4.69, 9.17) is 44.9 Å². The van der Waals surface area contributed by atoms with Gasteiger partial charge in [-0.2, -0.15) is 0 Å². The van der Waals surface area contributed by atoms with Crippen LogP contribution in [0.25, 0.3) is 267 Å². The minimum Gasteiger partial charge on any atom is -0.208 e. The molecule has 3 heterocycles. The summed E-state index contributed by atoms with van der Waals surface area (Å²) in [6.45, 7) is 0. The largest absolute Gasteiger partial charge is 0.208 e. The number of nitrogens with zero attached hydrogens (tertiary/aromatic N) is 9. The highest BCUT2D eigenvalue weighted by Crippen LogP contribution is 2.43. The van der Waals surface area contributed by atoms with Crippen molar-refractivity contribution in [3.05, 3.63) is 552 Å². The molecule has 0 bridgehead atoms. The Labute approximate surface area is 857 Å². The zero-order valence-corrected chi connectivity index (χ0v) is 80.6. The lowest BCUT2D eigenvalue weighted by molar-refractivity contribution is 1.07. The van der Waals surface area contributed by atoms with Crippen LogP contribution in [0.1, 0.15) is 0 Å². The van der Waals surface area contributed by atoms with E-state index in [1.54, 1.807) is 0 Å². The second-order valence-corrected chi connectivity index (χ2v) is 36.9. The standard InChI is InChI=1S/C55H35N3.C43H29N3.C41H27N3/c1-4-18-43-36(12-1)15-9-23-45(43)39-26-30-41(31-27-39)53-56-54(42-32-28-40(29-33-42)46-24-10-16-37-13-2-5-19-44(37)46)58-55(57-53)52-35-34-51(49-21-7-8-22-50(49)52)48-25-11-17-38-14-3-6-20-47(38)48;1-3-10-30(11-4-1)32-18-24-36(25-19-32)41-44-42(37-26-20-33(21-27-37)31-12-5-2-6-13-31)46-43(45-41)38-28-22-35(23-29-38)40-17-9-15-34-14-7-8-16-39(34)40;1-2-10-28(11-3-1)29-20-24-33(25-21-29)39-42-40(44-41(43-39)38-19-9-15-31-13-5-7-17-37(31)38)34-26-22-32(23-27-34)36-18-8-14-30-12-4-6-16-35(30)36/h1-35H;1-29H;1-27H. The summed E-state index contributed by atoms with van der Waals surface area (Å²) in [5.74, 6) is 5.78. The lowest BCUT2D eigenvalue weighted by atomic mass is 9.92. The Morgan fingerprint density at radius 3 is 0.466 bits per heavy atom. The minimum absolute atomic E-state index is 0.629. The molecular weight excluding hydrogens is 1800 g/mol. The molecule has 148 heavy (non-hydrogen) atoms. The molecule has 9 nitrogen and oxygen atoms in total. The Balaban J connectivity index is 0.000000117. The van der Waals surface area contributed by atoms with Crippen molar-refractivity contribution in [1.82, 2.24) is 44.9 Å². The average molecular weight is 1890 g/mol. The lowest BCUT2D eigenvalue weighted by Crippen LogP contribution is -2.01. The monoisotopic (exact) mass is 1890 g/mol. The molecule has 9 heteroatoms. The van der Waals surface area contributed by atoms with E-state index in [1.807, 2.05) is 18.2 Å². The van der Waals surface area contributed by atoms with Gasteiger partial charge in [0.2, 0.25) is 0 Å². The lowest BCUT2D eigenvalue weighted by Gasteiger charge is -2.14. The fourth-order valence-corrected chi connectivity index (χ4v) is 20.3. The Kier molecular flexibility index (Phi) is 24.3. The van der Waals surface area contributed by atoms with Crippen LogP contribution in [0.4, 0.5) is 0 Å². The van der Waals surface area contributed by atoms with E-state index in [0.29, 0.717) is 52.4 Å². The Bertz CT molecular complexity index is 9310. The molecular formula is C139H91N9. The van der Waals surface area contributed by atoms with Gasteiger partial charge < -0.3 is 0 Å². The van der Waals surface area contributed by atoms with Crippen molar-refractivity contribution in [2.45, 2.75) is 0 Å². The highest BCUT2D eigenvalue weighted by molar-refractivity contribution is 6.10. The van der Waals surface area contributed by atoms with Gasteiger partial charge in [-0.1, -0.05) is 546 Å². The zero-order valence-electron chi connectivity index (χ0n) is 80.6. The first-order chi connectivity index (χ1) is 73.3. The molecule has 0 N–H and O–H groups in total. The summed E-state index contributed by atoms with van der Waals surface area (Å²) in [6, 6.07) is 193. The maximum Gasteiger partial charge on any atom is 0.164 e. The van der Waals surface area contributed by atoms with E-state index in [1.165, 1.54) is 104 Å². The van der Waals surface area contributed by atoms with Gasteiger partial charge in [0, 0.05) is 50.1 Å². The third-order valence-electron chi connectivity index (χ3n) is 27.9. The third kappa shape index (κ3) is 18.3. The number of aromatic nitrogens is 9. The van der Waals surface area contributed by atoms with E-state index >= 15 is 0 Å². The first-order valence-corrected chi connectivity index (χ1v) is 49.9. The molecule has 3 aromatic heterocycles. The third-order valence-corrected chi connectivity index (χ3v) is 27.9. The molecule has 692 valence electrons. The summed E-state index contributed by atoms with van der Waals surface area (Å²) < 4.78 is 0. The first kappa shape index (κ1) is 89.5. The second kappa shape index (κ2) is 40.3. The average Bonchev–Trinajstić information content (AvgIpc) is 0.751. The van der Waals surface area contributed by atoms with Gasteiger partial charge in [-0.15, -0.1) is 0 Å². The summed E-state index contributed by atoms with van der Waals surface area (Å²) in [5, 5.41) is 16.8. The van der Waals surface area contributed by atoms with E-state index in [-0.39, 0.29) is 0 Å². The van der Waals surface area contributed by atoms with Gasteiger partial charge in [0.1, 0.15) is 0 Å². The van der Waals surface area contributed by atoms with Gasteiger partial charge in [0.25, 0.3) is 0 Å². The fourth-order valence-electron chi connectivity index (χ4n) is 20.3. The molecule has 0 aliphatic rings. The molecule has 0 spiro atoms. The molecule has 0 radical (unpaired) electrons. The molecule has 0 fully saturated rings. The summed E-state index contributed by atoms with van der Waals surface area (Å²) >= 11 is 0. The van der Waals surface area contributed by atoms with E-state index < -0.39 is 0 Å². The van der Waals surface area contributed by atoms with Crippen LogP contribution >= 0.6 is 0 Å². The van der Waals surface area contributed by atoms with Crippen molar-refractivity contribution in [3.8, 4) is 192 Å². The van der Waals surface area contributed by atoms with Crippen LogP contribution in [0.15, 0.2) is 552 Å². The van der Waals surface area contributed by atoms with Crippen LogP contribution in [0.5, 0.6) is 0 Å². The SMILES string of the molecule is c1ccc(-c2ccc(-c3nc(-c4ccc(-c5cccc6ccccc56)cc4)nc(-c4cccc5ccccc45)n3)cc2)cc1.c1ccc(-c2ccc(-c3nc(-c4ccc(-c5ccccc5)cc4)nc(-c4ccc(-c5cccc6ccccc56)cc4)n3)cc2)cc1.c1ccc2c(-c3ccc(-c4nc(-c5ccc(-c6cccc7ccccc67)cc5)nc(-c5ccc(-c6cccc7ccccc67)c6ccccc56)n4)cc3)cccc2c1. The van der Waals surface area contributed by atoms with E-state index in [0.717, 1.165) is 111 Å². The highest BCUT2D eigenvalue weighted by Gasteiger charge is 2.23. The summed E-state index contributed by atoms with van der Waals surface area (Å²) in [7, 11) is 0. The summed E-state index contributed by atoms with van der Waals surface area (Å²) in [4.78, 5) is 45.7. The molecule has 0 unspecified atom stereocenters. The van der Waals surface area contributed by atoms with Crippen LogP contribution in [0, 0.1) is 0 Å². The Morgan fingerprint density at radius 1 is 0.0743 bits per heavy atom. The molecule has 0 saturated heterocycles. The van der Waals surface area contributed by atoms with E-state index in [2.05, 4.69) is 534 Å². The quantitative estimate of drug-likeness (QED) is 0.0879. The van der Waals surface area contributed by atoms with Crippen LogP contribution in [-0.4, -0.2) is 44.9 Å². The van der Waals surface area contributed by atoms with Crippen LogP contribution in [0.3, 0.4) is 0 Å². The number of hydrogen-bond acceptors (Lipinski definition) is 9. The van der Waals surface area contributed by atoms with Gasteiger partial charge in [-0.05, 0) is 170 Å². The summed E-state index contributed by atoms with van der Waals surface area (Å²) in [5.41, 5.74) is 27.3. The Morgan fingerprint density at radius 2 is 0.216 bits per heavy atom. The predicted molar refractivity (Wildman–Crippen MR) is 614 cm³/mol. The fraction of sp³-hybridized carbons (Fsp3) is 0. The molecule has 24 aromatic carbocycles. The Hall–Kier alpha value is -19.9. The minimum atomic E-state index is 0.629. The first-order valence-electron chi connectivity index (χ1n) is 49.9. The number of fused-ring (bicyclic) bond motifs is 7. The normalized spacial score (nSPS) is 11.2. The molecule has 0 amide bonds. The van der Waals surface area contributed by atoms with Crippen molar-refractivity contribution < 1.29 is 0 Å². The van der Waals surface area contributed by atoms with Crippen LogP contribution in [0.2, 0.25) is 0 Å². The number of rotatable bonds is 17. The number of hydrogen-bond donors (Lipinski definition) is 0. The number of benzene rings is 24. The molecule has 0 aliphatic heterocycles.